The molecule has 19 heavy (non-hydrogen) atoms. The van der Waals surface area contributed by atoms with Crippen LogP contribution in [0.5, 0.6) is 0 Å². The molecule has 0 bridgehead atoms. The van der Waals surface area contributed by atoms with Crippen molar-refractivity contribution in [3.8, 4) is 0 Å². The lowest BCUT2D eigenvalue weighted by atomic mass is 9.82. The van der Waals surface area contributed by atoms with E-state index in [-0.39, 0.29) is 17.7 Å². The molecule has 110 valence electrons. The van der Waals surface area contributed by atoms with Crippen LogP contribution in [0.1, 0.15) is 40.0 Å². The van der Waals surface area contributed by atoms with Gasteiger partial charge in [0.1, 0.15) is 0 Å². The standard InChI is InChI=1S/C15H28N2O2/c1-12(2)15(19)11-16(9-13(15)3)10-14(18)17-7-5-4-6-8-17/h12-13,19H,4-11H2,1-3H3/t13-,15-/m1/s1. The molecule has 2 aliphatic heterocycles. The maximum atomic E-state index is 12.2. The van der Waals surface area contributed by atoms with Gasteiger partial charge >= 0.3 is 0 Å². The van der Waals surface area contributed by atoms with Crippen molar-refractivity contribution in [2.45, 2.75) is 45.6 Å². The molecule has 0 radical (unpaired) electrons. The number of carbonyl (C=O) groups is 1. The Morgan fingerprint density at radius 3 is 2.47 bits per heavy atom. The van der Waals surface area contributed by atoms with Crippen LogP contribution < -0.4 is 0 Å². The Kier molecular flexibility index (Phi) is 4.51. The third-order valence-electron chi connectivity index (χ3n) is 4.93. The zero-order chi connectivity index (χ0) is 14.0. The van der Waals surface area contributed by atoms with E-state index in [0.29, 0.717) is 13.1 Å². The van der Waals surface area contributed by atoms with Crippen molar-refractivity contribution < 1.29 is 9.90 Å². The van der Waals surface area contributed by atoms with E-state index in [4.69, 9.17) is 0 Å². The van der Waals surface area contributed by atoms with Gasteiger partial charge in [-0.1, -0.05) is 20.8 Å². The third-order valence-corrected chi connectivity index (χ3v) is 4.93. The second-order valence-electron chi connectivity index (χ2n) is 6.66. The van der Waals surface area contributed by atoms with Gasteiger partial charge in [0, 0.05) is 26.2 Å². The molecule has 0 saturated carbocycles. The summed E-state index contributed by atoms with van der Waals surface area (Å²) < 4.78 is 0. The van der Waals surface area contributed by atoms with E-state index in [1.54, 1.807) is 0 Å². The molecule has 0 aromatic carbocycles. The van der Waals surface area contributed by atoms with Crippen LogP contribution in [0.15, 0.2) is 0 Å². The molecule has 2 aliphatic rings. The van der Waals surface area contributed by atoms with Gasteiger partial charge in [-0.15, -0.1) is 0 Å². The smallest absolute Gasteiger partial charge is 0.236 e. The van der Waals surface area contributed by atoms with Gasteiger partial charge in [0.15, 0.2) is 0 Å². The first kappa shape index (κ1) is 14.8. The first-order valence-electron chi connectivity index (χ1n) is 7.66. The monoisotopic (exact) mass is 268 g/mol. The quantitative estimate of drug-likeness (QED) is 0.840. The van der Waals surface area contributed by atoms with Crippen molar-refractivity contribution in [3.05, 3.63) is 0 Å². The van der Waals surface area contributed by atoms with E-state index >= 15 is 0 Å². The predicted molar refractivity (Wildman–Crippen MR) is 75.8 cm³/mol. The molecule has 0 aromatic heterocycles. The highest BCUT2D eigenvalue weighted by Crippen LogP contribution is 2.33. The van der Waals surface area contributed by atoms with Crippen molar-refractivity contribution >= 4 is 5.91 Å². The van der Waals surface area contributed by atoms with Gasteiger partial charge in [-0.05, 0) is 31.1 Å². The highest BCUT2D eigenvalue weighted by atomic mass is 16.3. The lowest BCUT2D eigenvalue weighted by Crippen LogP contribution is -2.45. The van der Waals surface area contributed by atoms with Crippen LogP contribution in [0, 0.1) is 11.8 Å². The zero-order valence-corrected chi connectivity index (χ0v) is 12.6. The topological polar surface area (TPSA) is 43.8 Å². The van der Waals surface area contributed by atoms with Gasteiger partial charge in [-0.2, -0.15) is 0 Å². The minimum Gasteiger partial charge on any atom is -0.388 e. The molecule has 2 rings (SSSR count). The molecule has 2 fully saturated rings. The second kappa shape index (κ2) is 5.80. The van der Waals surface area contributed by atoms with E-state index in [2.05, 4.69) is 25.7 Å². The maximum Gasteiger partial charge on any atom is 0.236 e. The molecule has 1 amide bonds. The maximum absolute atomic E-state index is 12.2. The third kappa shape index (κ3) is 3.11. The summed E-state index contributed by atoms with van der Waals surface area (Å²) in [7, 11) is 0. The van der Waals surface area contributed by atoms with E-state index in [1.807, 2.05) is 4.90 Å². The fraction of sp³-hybridized carbons (Fsp3) is 0.933. The molecular formula is C15H28N2O2. The highest BCUT2D eigenvalue weighted by molar-refractivity contribution is 5.78. The average Bonchev–Trinajstić information content (AvgIpc) is 2.67. The summed E-state index contributed by atoms with van der Waals surface area (Å²) in [6.45, 7) is 9.97. The van der Waals surface area contributed by atoms with Crippen molar-refractivity contribution in [2.75, 3.05) is 32.7 Å². The number of hydrogen-bond donors (Lipinski definition) is 1. The number of aliphatic hydroxyl groups is 1. The Bertz CT molecular complexity index is 326. The van der Waals surface area contributed by atoms with Gasteiger partial charge in [-0.25, -0.2) is 0 Å². The number of β-amino-alcohol motifs (C(OH)–C–C–N with tert-alkyl or cyclic N) is 1. The van der Waals surface area contributed by atoms with Gasteiger partial charge in [0.2, 0.25) is 5.91 Å². The first-order chi connectivity index (χ1) is 8.93. The average molecular weight is 268 g/mol. The van der Waals surface area contributed by atoms with Crippen LogP contribution in [-0.2, 0) is 4.79 Å². The van der Waals surface area contributed by atoms with Crippen LogP contribution in [0.3, 0.4) is 0 Å². The summed E-state index contributed by atoms with van der Waals surface area (Å²) in [5.74, 6) is 0.708. The number of carbonyl (C=O) groups excluding carboxylic acids is 1. The fourth-order valence-corrected chi connectivity index (χ4v) is 3.43. The number of piperidine rings is 1. The van der Waals surface area contributed by atoms with E-state index in [1.165, 1.54) is 6.42 Å². The van der Waals surface area contributed by atoms with E-state index in [9.17, 15) is 9.90 Å². The highest BCUT2D eigenvalue weighted by Gasteiger charge is 2.45. The number of nitrogens with zero attached hydrogens (tertiary/aromatic N) is 2. The van der Waals surface area contributed by atoms with Crippen molar-refractivity contribution in [2.24, 2.45) is 11.8 Å². The van der Waals surface area contributed by atoms with E-state index < -0.39 is 5.60 Å². The minimum absolute atomic E-state index is 0.234. The summed E-state index contributed by atoms with van der Waals surface area (Å²) in [5, 5.41) is 10.7. The molecule has 0 aromatic rings. The Morgan fingerprint density at radius 1 is 1.32 bits per heavy atom. The summed E-state index contributed by atoms with van der Waals surface area (Å²) in [5.41, 5.74) is -0.637. The molecule has 0 spiro atoms. The predicted octanol–water partition coefficient (Wildman–Crippen LogP) is 1.34. The molecule has 0 aliphatic carbocycles. The number of hydrogen-bond acceptors (Lipinski definition) is 3. The van der Waals surface area contributed by atoms with E-state index in [0.717, 1.165) is 32.5 Å². The van der Waals surface area contributed by atoms with Crippen LogP contribution in [0.4, 0.5) is 0 Å². The molecule has 4 heteroatoms. The summed E-state index contributed by atoms with van der Waals surface area (Å²) >= 11 is 0. The van der Waals surface area contributed by atoms with Gasteiger partial charge in [-0.3, -0.25) is 9.69 Å². The molecule has 2 atom stereocenters. The van der Waals surface area contributed by atoms with Gasteiger partial charge in [0.25, 0.3) is 0 Å². The molecule has 1 N–H and O–H groups in total. The molecule has 2 heterocycles. The zero-order valence-electron chi connectivity index (χ0n) is 12.6. The molecule has 0 unspecified atom stereocenters. The SMILES string of the molecule is CC(C)[C@]1(O)CN(CC(=O)N2CCCCC2)C[C@H]1C. The van der Waals surface area contributed by atoms with Crippen LogP contribution in [-0.4, -0.2) is 59.1 Å². The largest absolute Gasteiger partial charge is 0.388 e. The first-order valence-corrected chi connectivity index (χ1v) is 7.66. The van der Waals surface area contributed by atoms with Gasteiger partial charge < -0.3 is 10.0 Å². The van der Waals surface area contributed by atoms with Crippen molar-refractivity contribution in [1.82, 2.24) is 9.80 Å². The number of amides is 1. The second-order valence-corrected chi connectivity index (χ2v) is 6.66. The Morgan fingerprint density at radius 2 is 1.95 bits per heavy atom. The molecule has 4 nitrogen and oxygen atoms in total. The number of likely N-dealkylation sites (tertiary alicyclic amines) is 2. The van der Waals surface area contributed by atoms with Gasteiger partial charge in [0.05, 0.1) is 12.1 Å². The van der Waals surface area contributed by atoms with Crippen LogP contribution >= 0.6 is 0 Å². The molecular weight excluding hydrogens is 240 g/mol. The Hall–Kier alpha value is -0.610. The fourth-order valence-electron chi connectivity index (χ4n) is 3.43. The minimum atomic E-state index is -0.637. The Balaban J connectivity index is 1.89. The normalized spacial score (nSPS) is 33.1. The Labute approximate surface area is 116 Å². The summed E-state index contributed by atoms with van der Waals surface area (Å²) in [6, 6.07) is 0. The van der Waals surface area contributed by atoms with Crippen LogP contribution in [0.2, 0.25) is 0 Å². The number of rotatable bonds is 3. The molecule has 2 saturated heterocycles. The lowest BCUT2D eigenvalue weighted by molar-refractivity contribution is -0.133. The summed E-state index contributed by atoms with van der Waals surface area (Å²) in [6.07, 6.45) is 3.52. The van der Waals surface area contributed by atoms with Crippen molar-refractivity contribution in [1.29, 1.82) is 0 Å². The summed E-state index contributed by atoms with van der Waals surface area (Å²) in [4.78, 5) is 16.4. The lowest BCUT2D eigenvalue weighted by Gasteiger charge is -2.32. The van der Waals surface area contributed by atoms with Crippen LogP contribution in [0.25, 0.3) is 0 Å². The van der Waals surface area contributed by atoms with Crippen molar-refractivity contribution in [3.63, 3.8) is 0 Å².